The third kappa shape index (κ3) is 5.37. The predicted molar refractivity (Wildman–Crippen MR) is 119 cm³/mol. The molecule has 2 aromatic heterocycles. The first-order chi connectivity index (χ1) is 14.0. The number of carbonyl (C=O) groups excluding carboxylic acids is 1. The van der Waals surface area contributed by atoms with E-state index in [0.29, 0.717) is 13.1 Å². The van der Waals surface area contributed by atoms with Gasteiger partial charge in [-0.05, 0) is 31.4 Å². The molecular formula is C23H37N5O. The van der Waals surface area contributed by atoms with Crippen LogP contribution >= 0.6 is 0 Å². The Balaban J connectivity index is 0.000000707. The first kappa shape index (κ1) is 22.9. The molecule has 29 heavy (non-hydrogen) atoms. The van der Waals surface area contributed by atoms with Gasteiger partial charge in [-0.2, -0.15) is 5.10 Å². The molecule has 1 amide bonds. The fraction of sp³-hybridized carbons (Fsp3) is 0.609. The number of aromatic nitrogens is 3. The molecule has 2 aromatic rings. The lowest BCUT2D eigenvalue weighted by Gasteiger charge is -2.29. The highest BCUT2D eigenvalue weighted by Gasteiger charge is 2.36. The third-order valence-corrected chi connectivity index (χ3v) is 5.30. The van der Waals surface area contributed by atoms with Crippen LogP contribution in [-0.2, 0) is 24.3 Å². The van der Waals surface area contributed by atoms with Crippen molar-refractivity contribution in [3.63, 3.8) is 0 Å². The molecule has 0 spiro atoms. The van der Waals surface area contributed by atoms with Crippen LogP contribution in [0, 0.1) is 5.41 Å². The molecule has 0 radical (unpaired) electrons. The van der Waals surface area contributed by atoms with E-state index >= 15 is 0 Å². The maximum atomic E-state index is 13.0. The zero-order valence-corrected chi connectivity index (χ0v) is 18.9. The molecule has 160 valence electrons. The van der Waals surface area contributed by atoms with Crippen LogP contribution < -0.4 is 5.32 Å². The summed E-state index contributed by atoms with van der Waals surface area (Å²) in [5, 5.41) is 10.8. The molecule has 0 atom stereocenters. The number of amides is 1. The van der Waals surface area contributed by atoms with Crippen molar-refractivity contribution in [1.29, 1.82) is 0 Å². The molecule has 0 fully saturated rings. The third-order valence-electron chi connectivity index (χ3n) is 5.30. The smallest absolute Gasteiger partial charge is 0.228 e. The summed E-state index contributed by atoms with van der Waals surface area (Å²) in [6.07, 6.45) is 5.19. The molecule has 6 nitrogen and oxygen atoms in total. The van der Waals surface area contributed by atoms with Gasteiger partial charge in [-0.25, -0.2) is 4.98 Å². The minimum atomic E-state index is -0.319. The second-order valence-corrected chi connectivity index (χ2v) is 7.77. The number of pyridine rings is 1. The van der Waals surface area contributed by atoms with Crippen LogP contribution in [0.2, 0.25) is 0 Å². The summed E-state index contributed by atoms with van der Waals surface area (Å²) in [5.74, 6) is 1.83. The molecule has 0 unspecified atom stereocenters. The van der Waals surface area contributed by atoms with E-state index in [1.54, 1.807) is 0 Å². The Hall–Kier alpha value is -2.37. The molecule has 0 aromatic carbocycles. The number of fused-ring (bicyclic) bond motifs is 3. The van der Waals surface area contributed by atoms with E-state index in [1.807, 2.05) is 44.7 Å². The topological polar surface area (TPSA) is 73.9 Å². The van der Waals surface area contributed by atoms with Crippen LogP contribution in [0.15, 0.2) is 18.2 Å². The summed E-state index contributed by atoms with van der Waals surface area (Å²) >= 11 is 0. The average molecular weight is 400 g/mol. The van der Waals surface area contributed by atoms with Gasteiger partial charge in [0.15, 0.2) is 5.82 Å². The lowest BCUT2D eigenvalue weighted by molar-refractivity contribution is -0.141. The van der Waals surface area contributed by atoms with Crippen molar-refractivity contribution in [2.45, 2.75) is 86.7 Å². The summed E-state index contributed by atoms with van der Waals surface area (Å²) in [5.41, 5.74) is 2.88. The van der Waals surface area contributed by atoms with E-state index in [2.05, 4.69) is 35.4 Å². The predicted octanol–water partition coefficient (Wildman–Crippen LogP) is 5.59. The zero-order chi connectivity index (χ0) is 21.4. The summed E-state index contributed by atoms with van der Waals surface area (Å²) in [7, 11) is 0. The number of rotatable bonds is 0. The van der Waals surface area contributed by atoms with E-state index in [0.717, 1.165) is 60.7 Å². The number of nitrogens with one attached hydrogen (secondary N) is 2. The summed E-state index contributed by atoms with van der Waals surface area (Å²) in [6.45, 7) is 13.4. The van der Waals surface area contributed by atoms with Gasteiger partial charge < -0.3 is 10.2 Å². The van der Waals surface area contributed by atoms with Crippen molar-refractivity contribution >= 4 is 17.5 Å². The van der Waals surface area contributed by atoms with Crippen LogP contribution in [0.4, 0.5) is 11.6 Å². The van der Waals surface area contributed by atoms with Crippen molar-refractivity contribution in [2.24, 2.45) is 5.41 Å². The number of aryl methyl sites for hydroxylation is 1. The van der Waals surface area contributed by atoms with E-state index in [-0.39, 0.29) is 11.3 Å². The fourth-order valence-electron chi connectivity index (χ4n) is 3.78. The highest BCUT2D eigenvalue weighted by atomic mass is 16.2. The summed E-state index contributed by atoms with van der Waals surface area (Å²) in [4.78, 5) is 19.6. The number of H-pyrrole nitrogens is 1. The van der Waals surface area contributed by atoms with Crippen LogP contribution in [-0.4, -0.2) is 26.0 Å². The number of hydrogen-bond acceptors (Lipinski definition) is 4. The van der Waals surface area contributed by atoms with Gasteiger partial charge in [0.1, 0.15) is 5.82 Å². The molecule has 6 heteroatoms. The van der Waals surface area contributed by atoms with Crippen molar-refractivity contribution < 1.29 is 4.79 Å². The van der Waals surface area contributed by atoms with Gasteiger partial charge >= 0.3 is 0 Å². The quantitative estimate of drug-likeness (QED) is 0.606. The van der Waals surface area contributed by atoms with Crippen molar-refractivity contribution in [2.75, 3.05) is 5.32 Å². The molecule has 2 aliphatic heterocycles. The number of anilines is 2. The van der Waals surface area contributed by atoms with Gasteiger partial charge in [0.25, 0.3) is 0 Å². The van der Waals surface area contributed by atoms with Crippen molar-refractivity contribution in [1.82, 2.24) is 20.1 Å². The van der Waals surface area contributed by atoms with E-state index in [1.165, 1.54) is 0 Å². The monoisotopic (exact) mass is 399 g/mol. The van der Waals surface area contributed by atoms with Gasteiger partial charge in [-0.15, -0.1) is 0 Å². The van der Waals surface area contributed by atoms with Gasteiger partial charge in [0.2, 0.25) is 5.91 Å². The van der Waals surface area contributed by atoms with Gasteiger partial charge in [0.05, 0.1) is 18.8 Å². The number of hydrogen-bond donors (Lipinski definition) is 2. The molecule has 4 rings (SSSR count). The first-order valence-electron chi connectivity index (χ1n) is 11.1. The number of carbonyl (C=O) groups is 1. The first-order valence-corrected chi connectivity index (χ1v) is 11.1. The highest BCUT2D eigenvalue weighted by Crippen LogP contribution is 2.34. The lowest BCUT2D eigenvalue weighted by Crippen LogP contribution is -2.38. The Morgan fingerprint density at radius 2 is 1.79 bits per heavy atom. The second-order valence-electron chi connectivity index (χ2n) is 7.77. The van der Waals surface area contributed by atoms with E-state index < -0.39 is 0 Å². The Morgan fingerprint density at radius 3 is 2.55 bits per heavy atom. The second kappa shape index (κ2) is 10.4. The summed E-state index contributed by atoms with van der Waals surface area (Å²) in [6, 6.07) is 6.08. The Kier molecular flexibility index (Phi) is 8.23. The Bertz CT molecular complexity index is 796. The van der Waals surface area contributed by atoms with E-state index in [4.69, 9.17) is 4.98 Å². The minimum Gasteiger partial charge on any atom is -0.332 e. The maximum Gasteiger partial charge on any atom is 0.228 e. The Morgan fingerprint density at radius 1 is 1.03 bits per heavy atom. The zero-order valence-electron chi connectivity index (χ0n) is 18.9. The number of nitrogens with zero attached hydrogens (tertiary/aromatic N) is 3. The molecule has 4 bridgehead atoms. The van der Waals surface area contributed by atoms with Gasteiger partial charge in [0, 0.05) is 16.7 Å². The molecule has 0 aliphatic carbocycles. The largest absolute Gasteiger partial charge is 0.332 e. The van der Waals surface area contributed by atoms with Gasteiger partial charge in [-0.1, -0.05) is 60.5 Å². The molecule has 4 heterocycles. The summed E-state index contributed by atoms with van der Waals surface area (Å²) < 4.78 is 0. The highest BCUT2D eigenvalue weighted by molar-refractivity contribution is 5.82. The van der Waals surface area contributed by atoms with Gasteiger partial charge in [-0.3, -0.25) is 9.89 Å². The normalized spacial score (nSPS) is 17.6. The molecule has 2 aliphatic rings. The standard InChI is InChI=1S/C19H25N5O.2C2H6/c1-19(2)10-5-3-4-7-13-8-6-9-16(20-13)21-17-14-11-24(18(19)25)12-15(14)22-23-17;2*1-2/h6,8-9H,3-5,7,10-12H2,1-2H3,(H2,20,21,22,23);2*1-2H3. The average Bonchev–Trinajstić information content (AvgIpc) is 3.32. The molecule has 2 N–H and O–H groups in total. The Labute approximate surface area is 175 Å². The molecular weight excluding hydrogens is 362 g/mol. The van der Waals surface area contributed by atoms with Crippen LogP contribution in [0.1, 0.15) is 84.2 Å². The van der Waals surface area contributed by atoms with Crippen LogP contribution in [0.5, 0.6) is 0 Å². The number of aromatic amines is 1. The molecule has 0 saturated carbocycles. The van der Waals surface area contributed by atoms with E-state index in [9.17, 15) is 4.79 Å². The SMILES string of the molecule is CC.CC.CC1(C)CCCCCc2cccc(n2)Nc2n[nH]c3c2CN(C3)C1=O. The van der Waals surface area contributed by atoms with Crippen LogP contribution in [0.3, 0.4) is 0 Å². The lowest BCUT2D eigenvalue weighted by atomic mass is 9.85. The minimum absolute atomic E-state index is 0.233. The van der Waals surface area contributed by atoms with Crippen LogP contribution in [0.25, 0.3) is 0 Å². The fourth-order valence-corrected chi connectivity index (χ4v) is 3.78. The van der Waals surface area contributed by atoms with Crippen molar-refractivity contribution in [3.8, 4) is 0 Å². The molecule has 0 saturated heterocycles. The van der Waals surface area contributed by atoms with Crippen molar-refractivity contribution in [3.05, 3.63) is 35.2 Å². The maximum absolute atomic E-state index is 13.0.